The quantitative estimate of drug-likeness (QED) is 0.458. The third-order valence-electron chi connectivity index (χ3n) is 5.96. The lowest BCUT2D eigenvalue weighted by atomic mass is 10.1. The van der Waals surface area contributed by atoms with Gasteiger partial charge in [-0.1, -0.05) is 12.7 Å². The summed E-state index contributed by atoms with van der Waals surface area (Å²) in [5.74, 6) is 1.01. The minimum absolute atomic E-state index is 0.0427. The van der Waals surface area contributed by atoms with Gasteiger partial charge in [0.2, 0.25) is 5.91 Å². The van der Waals surface area contributed by atoms with Crippen molar-refractivity contribution in [1.29, 1.82) is 0 Å². The second kappa shape index (κ2) is 11.5. The normalized spacial score (nSPS) is 13.4. The number of hydrogen-bond donors (Lipinski definition) is 1. The zero-order valence-electron chi connectivity index (χ0n) is 20.1. The number of carbonyl (C=O) groups excluding carboxylic acids is 1. The molecule has 1 N–H and O–H groups in total. The molecule has 1 amide bonds. The third-order valence-corrected chi connectivity index (χ3v) is 5.96. The number of benzene rings is 2. The van der Waals surface area contributed by atoms with Crippen molar-refractivity contribution in [2.45, 2.75) is 12.8 Å². The molecule has 9 nitrogen and oxygen atoms in total. The number of rotatable bonds is 9. The lowest BCUT2D eigenvalue weighted by Crippen LogP contribution is -2.48. The third kappa shape index (κ3) is 5.88. The van der Waals surface area contributed by atoms with E-state index in [1.165, 1.54) is 19.2 Å². The first-order valence-electron chi connectivity index (χ1n) is 11.6. The highest BCUT2D eigenvalue weighted by Crippen LogP contribution is 2.31. The first-order chi connectivity index (χ1) is 17.5. The zero-order valence-corrected chi connectivity index (χ0v) is 20.1. The van der Waals surface area contributed by atoms with E-state index in [-0.39, 0.29) is 35.8 Å². The molecule has 0 unspecified atom stereocenters. The molecule has 4 rings (SSSR count). The fraction of sp³-hybridized carbons (Fsp3) is 0.308. The molecule has 0 spiro atoms. The number of nitrogens with one attached hydrogen (secondary N) is 1. The molecule has 2 heterocycles. The molecule has 1 aliphatic rings. The molecule has 1 aliphatic heterocycles. The summed E-state index contributed by atoms with van der Waals surface area (Å²) in [6.07, 6.45) is 1.99. The van der Waals surface area contributed by atoms with Gasteiger partial charge in [0.15, 0.2) is 17.3 Å². The standard InChI is InChI=1S/C26H28FN5O4/c1-3-16-36-22-10-4-18(17-23(22)35-2)25-28-26(34)21(29-30-25)9-11-24(33)32-14-12-31(13-15-32)20-7-5-19(27)6-8-20/h3-8,10,17H,1,9,11-16H2,2H3,(H,28,30,34). The van der Waals surface area contributed by atoms with Crippen molar-refractivity contribution in [3.8, 4) is 22.9 Å². The molecule has 0 aliphatic carbocycles. The minimum atomic E-state index is -0.389. The van der Waals surface area contributed by atoms with Gasteiger partial charge < -0.3 is 24.3 Å². The average molecular weight is 494 g/mol. The maximum absolute atomic E-state index is 13.1. The van der Waals surface area contributed by atoms with Crippen molar-refractivity contribution >= 4 is 11.6 Å². The highest BCUT2D eigenvalue weighted by Gasteiger charge is 2.22. The van der Waals surface area contributed by atoms with Crippen molar-refractivity contribution in [1.82, 2.24) is 20.1 Å². The van der Waals surface area contributed by atoms with E-state index in [0.717, 1.165) is 5.69 Å². The number of amides is 1. The molecule has 10 heteroatoms. The van der Waals surface area contributed by atoms with Gasteiger partial charge in [0.1, 0.15) is 18.1 Å². The predicted octanol–water partition coefficient (Wildman–Crippen LogP) is 2.83. The van der Waals surface area contributed by atoms with Crippen molar-refractivity contribution in [2.24, 2.45) is 0 Å². The minimum Gasteiger partial charge on any atom is -0.493 e. The van der Waals surface area contributed by atoms with Crippen LogP contribution in [0.25, 0.3) is 11.4 Å². The number of hydrogen-bond acceptors (Lipinski definition) is 7. The number of methoxy groups -OCH3 is 1. The van der Waals surface area contributed by atoms with Crippen molar-refractivity contribution in [3.63, 3.8) is 0 Å². The lowest BCUT2D eigenvalue weighted by molar-refractivity contribution is -0.131. The molecule has 2 aromatic carbocycles. The van der Waals surface area contributed by atoms with Crippen molar-refractivity contribution in [2.75, 3.05) is 44.8 Å². The van der Waals surface area contributed by atoms with Crippen LogP contribution in [-0.4, -0.2) is 65.9 Å². The van der Waals surface area contributed by atoms with E-state index < -0.39 is 0 Å². The summed E-state index contributed by atoms with van der Waals surface area (Å²) in [6, 6.07) is 11.5. The Bertz CT molecular complexity index is 1270. The van der Waals surface area contributed by atoms with Crippen LogP contribution in [0.1, 0.15) is 12.1 Å². The second-order valence-corrected chi connectivity index (χ2v) is 8.26. The number of carbonyl (C=O) groups is 1. The Morgan fingerprint density at radius 1 is 1.11 bits per heavy atom. The van der Waals surface area contributed by atoms with Crippen LogP contribution in [0.5, 0.6) is 11.5 Å². The van der Waals surface area contributed by atoms with Gasteiger partial charge in [-0.05, 0) is 42.5 Å². The smallest absolute Gasteiger partial charge is 0.273 e. The maximum atomic E-state index is 13.1. The van der Waals surface area contributed by atoms with Gasteiger partial charge in [0, 0.05) is 50.3 Å². The molecule has 0 bridgehead atoms. The van der Waals surface area contributed by atoms with Gasteiger partial charge in [0.05, 0.1) is 7.11 Å². The number of nitrogens with zero attached hydrogens (tertiary/aromatic N) is 4. The molecule has 36 heavy (non-hydrogen) atoms. The summed E-state index contributed by atoms with van der Waals surface area (Å²) >= 11 is 0. The van der Waals surface area contributed by atoms with Gasteiger partial charge in [-0.3, -0.25) is 9.59 Å². The number of aromatic amines is 1. The van der Waals surface area contributed by atoms with Gasteiger partial charge in [0.25, 0.3) is 5.56 Å². The molecular weight excluding hydrogens is 465 g/mol. The molecule has 1 aromatic heterocycles. The molecule has 0 atom stereocenters. The Morgan fingerprint density at radius 3 is 2.53 bits per heavy atom. The summed E-state index contributed by atoms with van der Waals surface area (Å²) in [4.78, 5) is 31.9. The van der Waals surface area contributed by atoms with Crippen LogP contribution >= 0.6 is 0 Å². The molecule has 188 valence electrons. The van der Waals surface area contributed by atoms with Gasteiger partial charge in [-0.25, -0.2) is 4.39 Å². The van der Waals surface area contributed by atoms with Gasteiger partial charge in [-0.15, -0.1) is 10.2 Å². The highest BCUT2D eigenvalue weighted by molar-refractivity contribution is 5.76. The summed E-state index contributed by atoms with van der Waals surface area (Å²) in [5.41, 5.74) is 1.36. The predicted molar refractivity (Wildman–Crippen MR) is 134 cm³/mol. The number of H-pyrrole nitrogens is 1. The van der Waals surface area contributed by atoms with E-state index in [0.29, 0.717) is 55.7 Å². The van der Waals surface area contributed by atoms with Crippen LogP contribution in [-0.2, 0) is 11.2 Å². The zero-order chi connectivity index (χ0) is 25.5. The number of aryl methyl sites for hydroxylation is 1. The maximum Gasteiger partial charge on any atom is 0.273 e. The fourth-order valence-corrected chi connectivity index (χ4v) is 3.99. The Balaban J connectivity index is 1.33. The van der Waals surface area contributed by atoms with Crippen LogP contribution in [0.3, 0.4) is 0 Å². The SMILES string of the molecule is C=CCOc1ccc(-c2nnc(CCC(=O)N3CCN(c4ccc(F)cc4)CC3)c(=O)[nH]2)cc1OC. The Morgan fingerprint density at radius 2 is 1.86 bits per heavy atom. The van der Waals surface area contributed by atoms with E-state index in [1.807, 2.05) is 0 Å². The summed E-state index contributed by atoms with van der Waals surface area (Å²) in [7, 11) is 1.52. The van der Waals surface area contributed by atoms with Crippen LogP contribution in [0.4, 0.5) is 10.1 Å². The largest absolute Gasteiger partial charge is 0.493 e. The van der Waals surface area contributed by atoms with Crippen molar-refractivity contribution in [3.05, 3.63) is 77.0 Å². The molecule has 3 aromatic rings. The van der Waals surface area contributed by atoms with E-state index in [2.05, 4.69) is 26.7 Å². The topological polar surface area (TPSA) is 101 Å². The summed E-state index contributed by atoms with van der Waals surface area (Å²) in [6.45, 7) is 6.40. The summed E-state index contributed by atoms with van der Waals surface area (Å²) < 4.78 is 24.1. The number of ether oxygens (including phenoxy) is 2. The molecular formula is C26H28FN5O4. The van der Waals surface area contributed by atoms with Crippen molar-refractivity contribution < 1.29 is 18.7 Å². The average Bonchev–Trinajstić information content (AvgIpc) is 2.91. The van der Waals surface area contributed by atoms with Gasteiger partial charge in [-0.2, -0.15) is 0 Å². The molecule has 0 saturated carbocycles. The second-order valence-electron chi connectivity index (χ2n) is 8.26. The van der Waals surface area contributed by atoms with E-state index >= 15 is 0 Å². The summed E-state index contributed by atoms with van der Waals surface area (Å²) in [5, 5.41) is 8.21. The van der Waals surface area contributed by atoms with Crippen LogP contribution in [0, 0.1) is 5.82 Å². The number of halogens is 1. The Labute approximate surface area is 208 Å². The van der Waals surface area contributed by atoms with Gasteiger partial charge >= 0.3 is 0 Å². The number of piperazine rings is 1. The fourth-order valence-electron chi connectivity index (χ4n) is 3.99. The van der Waals surface area contributed by atoms with E-state index in [4.69, 9.17) is 9.47 Å². The lowest BCUT2D eigenvalue weighted by Gasteiger charge is -2.36. The first-order valence-corrected chi connectivity index (χ1v) is 11.6. The number of anilines is 1. The molecule has 0 radical (unpaired) electrons. The highest BCUT2D eigenvalue weighted by atomic mass is 19.1. The van der Waals surface area contributed by atoms with Crippen LogP contribution in [0.15, 0.2) is 59.9 Å². The van der Waals surface area contributed by atoms with E-state index in [9.17, 15) is 14.0 Å². The Kier molecular flexibility index (Phi) is 7.94. The molecule has 1 fully saturated rings. The monoisotopic (exact) mass is 493 g/mol. The Hall–Kier alpha value is -4.21. The van der Waals surface area contributed by atoms with Crippen LogP contribution < -0.4 is 19.9 Å². The van der Waals surface area contributed by atoms with Crippen LogP contribution in [0.2, 0.25) is 0 Å². The number of aromatic nitrogens is 3. The first kappa shape index (κ1) is 24.9. The van der Waals surface area contributed by atoms with E-state index in [1.54, 1.807) is 41.3 Å². The molecule has 1 saturated heterocycles.